The van der Waals surface area contributed by atoms with Gasteiger partial charge in [-0.25, -0.2) is 0 Å². The first-order valence-electron chi connectivity index (χ1n) is 8.86. The van der Waals surface area contributed by atoms with E-state index in [1.54, 1.807) is 19.1 Å². The number of hydrogen-bond acceptors (Lipinski definition) is 4. The fourth-order valence-electron chi connectivity index (χ4n) is 3.07. The van der Waals surface area contributed by atoms with Crippen LogP contribution in [-0.4, -0.2) is 23.9 Å². The zero-order chi connectivity index (χ0) is 18.2. The van der Waals surface area contributed by atoms with E-state index in [4.69, 9.17) is 10.5 Å². The highest BCUT2D eigenvalue weighted by atomic mass is 16.5. The molecule has 1 aromatic rings. The summed E-state index contributed by atoms with van der Waals surface area (Å²) in [6.45, 7) is 1.55. The molecule has 6 nitrogen and oxygen atoms in total. The normalized spacial score (nSPS) is 16.0. The van der Waals surface area contributed by atoms with E-state index in [2.05, 4.69) is 5.32 Å². The van der Waals surface area contributed by atoms with Crippen molar-refractivity contribution in [3.8, 4) is 0 Å². The summed E-state index contributed by atoms with van der Waals surface area (Å²) in [6, 6.07) is 6.21. The third-order valence-electron chi connectivity index (χ3n) is 4.60. The predicted molar refractivity (Wildman–Crippen MR) is 95.0 cm³/mol. The van der Waals surface area contributed by atoms with Gasteiger partial charge in [-0.05, 0) is 43.5 Å². The maximum Gasteiger partial charge on any atom is 0.306 e. The molecule has 1 aliphatic rings. The molecule has 3 N–H and O–H groups in total. The summed E-state index contributed by atoms with van der Waals surface area (Å²) >= 11 is 0. The Bertz CT molecular complexity index is 606. The Hall–Kier alpha value is -2.37. The third-order valence-corrected chi connectivity index (χ3v) is 4.60. The zero-order valence-electron chi connectivity index (χ0n) is 14.6. The summed E-state index contributed by atoms with van der Waals surface area (Å²) in [6.07, 6.45) is 6.47. The first-order chi connectivity index (χ1) is 12.0. The fraction of sp³-hybridized carbons (Fsp3) is 0.526. The van der Waals surface area contributed by atoms with Gasteiger partial charge in [0.1, 0.15) is 0 Å². The number of benzene rings is 1. The van der Waals surface area contributed by atoms with Crippen molar-refractivity contribution in [1.29, 1.82) is 0 Å². The van der Waals surface area contributed by atoms with Crippen LogP contribution in [-0.2, 0) is 14.3 Å². The second kappa shape index (κ2) is 9.20. The van der Waals surface area contributed by atoms with Crippen LogP contribution < -0.4 is 11.1 Å². The number of ether oxygens (including phenoxy) is 1. The van der Waals surface area contributed by atoms with Gasteiger partial charge >= 0.3 is 5.97 Å². The average molecular weight is 346 g/mol. The molecule has 0 aliphatic heterocycles. The topological polar surface area (TPSA) is 98.5 Å². The number of amides is 2. The molecule has 0 spiro atoms. The van der Waals surface area contributed by atoms with Gasteiger partial charge in [0.25, 0.3) is 5.91 Å². The van der Waals surface area contributed by atoms with Crippen molar-refractivity contribution in [3.05, 3.63) is 29.8 Å². The molecule has 1 aromatic carbocycles. The van der Waals surface area contributed by atoms with Gasteiger partial charge < -0.3 is 15.8 Å². The van der Waals surface area contributed by atoms with Crippen LogP contribution in [0.1, 0.15) is 62.2 Å². The van der Waals surface area contributed by atoms with Gasteiger partial charge in [-0.3, -0.25) is 14.4 Å². The summed E-state index contributed by atoms with van der Waals surface area (Å²) < 4.78 is 5.21. The van der Waals surface area contributed by atoms with E-state index >= 15 is 0 Å². The number of esters is 1. The quantitative estimate of drug-likeness (QED) is 0.741. The van der Waals surface area contributed by atoms with Crippen molar-refractivity contribution in [2.45, 2.75) is 58.0 Å². The average Bonchev–Trinajstić information content (AvgIpc) is 2.61. The van der Waals surface area contributed by atoms with Gasteiger partial charge in [0.2, 0.25) is 5.91 Å². The minimum absolute atomic E-state index is 0.336. The summed E-state index contributed by atoms with van der Waals surface area (Å²) in [7, 11) is 0. The molecule has 6 heteroatoms. The van der Waals surface area contributed by atoms with E-state index in [-0.39, 0.29) is 5.97 Å². The van der Waals surface area contributed by atoms with Crippen LogP contribution in [0.5, 0.6) is 0 Å². The molecular formula is C19H26N2O4. The second-order valence-corrected chi connectivity index (χ2v) is 6.61. The van der Waals surface area contributed by atoms with Gasteiger partial charge in [-0.15, -0.1) is 0 Å². The second-order valence-electron chi connectivity index (χ2n) is 6.61. The summed E-state index contributed by atoms with van der Waals surface area (Å²) in [5, 5.41) is 2.65. The molecule has 25 heavy (non-hydrogen) atoms. The molecule has 2 amide bonds. The lowest BCUT2D eigenvalue weighted by Gasteiger charge is -2.21. The minimum Gasteiger partial charge on any atom is -0.453 e. The van der Waals surface area contributed by atoms with E-state index in [0.717, 1.165) is 6.42 Å². The summed E-state index contributed by atoms with van der Waals surface area (Å²) in [4.78, 5) is 35.0. The van der Waals surface area contributed by atoms with Crippen LogP contribution in [0.15, 0.2) is 24.3 Å². The number of anilines is 1. The molecule has 136 valence electrons. The highest BCUT2D eigenvalue weighted by Gasteiger charge is 2.20. The van der Waals surface area contributed by atoms with Crippen molar-refractivity contribution in [2.75, 3.05) is 5.32 Å². The Morgan fingerprint density at radius 1 is 1.16 bits per heavy atom. The molecule has 0 bridgehead atoms. The molecule has 0 aromatic heterocycles. The van der Waals surface area contributed by atoms with Crippen molar-refractivity contribution in [2.24, 2.45) is 11.7 Å². The SMILES string of the molecule is C[C@@H](OC(=O)CCC1CCCCC1)C(=O)Nc1ccc(C(N)=O)cc1. The van der Waals surface area contributed by atoms with Gasteiger partial charge in [0, 0.05) is 17.7 Å². The number of hydrogen-bond donors (Lipinski definition) is 2. The zero-order valence-corrected chi connectivity index (χ0v) is 14.6. The summed E-state index contributed by atoms with van der Waals surface area (Å²) in [5.74, 6) is -0.664. The van der Waals surface area contributed by atoms with E-state index in [1.165, 1.54) is 44.2 Å². The first-order valence-corrected chi connectivity index (χ1v) is 8.86. The minimum atomic E-state index is -0.866. The van der Waals surface area contributed by atoms with Gasteiger partial charge in [-0.1, -0.05) is 32.1 Å². The Morgan fingerprint density at radius 3 is 2.40 bits per heavy atom. The van der Waals surface area contributed by atoms with Crippen molar-refractivity contribution < 1.29 is 19.1 Å². The largest absolute Gasteiger partial charge is 0.453 e. The molecule has 1 atom stereocenters. The molecule has 1 saturated carbocycles. The lowest BCUT2D eigenvalue weighted by atomic mass is 9.86. The van der Waals surface area contributed by atoms with E-state index < -0.39 is 17.9 Å². The van der Waals surface area contributed by atoms with Crippen LogP contribution in [0.2, 0.25) is 0 Å². The Kier molecular flexibility index (Phi) is 6.98. The molecule has 0 unspecified atom stereocenters. The Labute approximate surface area is 148 Å². The van der Waals surface area contributed by atoms with Crippen molar-refractivity contribution in [3.63, 3.8) is 0 Å². The standard InChI is InChI=1S/C19H26N2O4/c1-13(25-17(22)12-7-14-5-3-2-4-6-14)19(24)21-16-10-8-15(9-11-16)18(20)23/h8-11,13-14H,2-7,12H2,1H3,(H2,20,23)(H,21,24)/t13-/m1/s1. The number of nitrogens with two attached hydrogens (primary N) is 1. The Morgan fingerprint density at radius 2 is 1.80 bits per heavy atom. The van der Waals surface area contributed by atoms with Crippen molar-refractivity contribution in [1.82, 2.24) is 0 Å². The molecule has 2 rings (SSSR count). The molecule has 0 heterocycles. The van der Waals surface area contributed by atoms with Crippen LogP contribution in [0, 0.1) is 5.92 Å². The number of nitrogens with one attached hydrogen (secondary N) is 1. The first kappa shape index (κ1) is 19.0. The maximum absolute atomic E-state index is 12.1. The number of primary amides is 1. The van der Waals surface area contributed by atoms with Gasteiger partial charge in [-0.2, -0.15) is 0 Å². The Balaban J connectivity index is 1.74. The van der Waals surface area contributed by atoms with Gasteiger partial charge in [0.05, 0.1) is 0 Å². The fourth-order valence-corrected chi connectivity index (χ4v) is 3.07. The van der Waals surface area contributed by atoms with E-state index in [9.17, 15) is 14.4 Å². The predicted octanol–water partition coefficient (Wildman–Crippen LogP) is 3.02. The lowest BCUT2D eigenvalue weighted by molar-refractivity contribution is -0.153. The van der Waals surface area contributed by atoms with Crippen molar-refractivity contribution >= 4 is 23.5 Å². The molecule has 0 saturated heterocycles. The smallest absolute Gasteiger partial charge is 0.306 e. The van der Waals surface area contributed by atoms with E-state index in [0.29, 0.717) is 23.6 Å². The van der Waals surface area contributed by atoms with Crippen LogP contribution in [0.25, 0.3) is 0 Å². The van der Waals surface area contributed by atoms with E-state index in [1.807, 2.05) is 0 Å². The van der Waals surface area contributed by atoms with Crippen LogP contribution >= 0.6 is 0 Å². The molecular weight excluding hydrogens is 320 g/mol. The molecule has 1 fully saturated rings. The highest BCUT2D eigenvalue weighted by molar-refractivity contribution is 5.96. The summed E-state index contributed by atoms with van der Waals surface area (Å²) in [5.41, 5.74) is 6.04. The number of carbonyl (C=O) groups excluding carboxylic acids is 3. The lowest BCUT2D eigenvalue weighted by Crippen LogP contribution is -2.30. The van der Waals surface area contributed by atoms with Crippen LogP contribution in [0.4, 0.5) is 5.69 Å². The van der Waals surface area contributed by atoms with Gasteiger partial charge in [0.15, 0.2) is 6.10 Å². The molecule has 1 aliphatic carbocycles. The third kappa shape index (κ3) is 6.21. The van der Waals surface area contributed by atoms with Crippen LogP contribution in [0.3, 0.4) is 0 Å². The number of rotatable bonds is 7. The molecule has 0 radical (unpaired) electrons. The number of carbonyl (C=O) groups is 3. The maximum atomic E-state index is 12.1. The monoisotopic (exact) mass is 346 g/mol. The highest BCUT2D eigenvalue weighted by Crippen LogP contribution is 2.27.